The Morgan fingerprint density at radius 1 is 1.19 bits per heavy atom. The van der Waals surface area contributed by atoms with Gasteiger partial charge < -0.3 is 20.0 Å². The summed E-state index contributed by atoms with van der Waals surface area (Å²) in [6.45, 7) is 4.58. The van der Waals surface area contributed by atoms with Gasteiger partial charge >= 0.3 is 12.0 Å². The number of rotatable bonds is 6. The van der Waals surface area contributed by atoms with Crippen LogP contribution >= 0.6 is 11.3 Å². The summed E-state index contributed by atoms with van der Waals surface area (Å²) in [5, 5.41) is 14.6. The summed E-state index contributed by atoms with van der Waals surface area (Å²) >= 11 is 1.67. The monoisotopic (exact) mass is 386 g/mol. The van der Waals surface area contributed by atoms with Gasteiger partial charge in [-0.1, -0.05) is 5.10 Å². The minimum Gasteiger partial charge on any atom is -0.403 e. The Bertz CT molecular complexity index is 897. The predicted octanol–water partition coefficient (Wildman–Crippen LogP) is 3.24. The van der Waals surface area contributed by atoms with E-state index in [1.54, 1.807) is 28.4 Å². The molecule has 2 amide bonds. The molecule has 2 N–H and O–H groups in total. The first-order valence-electron chi connectivity index (χ1n) is 8.51. The van der Waals surface area contributed by atoms with E-state index in [4.69, 9.17) is 4.42 Å². The molecular formula is C18H22N6O2S. The average Bonchev–Trinajstić information content (AvgIpc) is 3.23. The van der Waals surface area contributed by atoms with Crippen LogP contribution in [0.3, 0.4) is 0 Å². The minimum absolute atomic E-state index is 0.250. The normalized spacial score (nSPS) is 10.7. The number of benzene rings is 1. The van der Waals surface area contributed by atoms with Crippen LogP contribution in [0.25, 0.3) is 11.5 Å². The van der Waals surface area contributed by atoms with E-state index in [1.807, 2.05) is 33.2 Å². The molecule has 0 aliphatic heterocycles. The smallest absolute Gasteiger partial charge is 0.319 e. The second-order valence-electron chi connectivity index (χ2n) is 6.24. The number of aryl methyl sites for hydroxylation is 2. The van der Waals surface area contributed by atoms with Crippen molar-refractivity contribution >= 4 is 29.1 Å². The molecule has 0 radical (unpaired) electrons. The second kappa shape index (κ2) is 8.17. The molecule has 0 fully saturated rings. The Kier molecular flexibility index (Phi) is 5.70. The molecule has 8 nitrogen and oxygen atoms in total. The summed E-state index contributed by atoms with van der Waals surface area (Å²) in [5.74, 6) is 0.434. The zero-order chi connectivity index (χ0) is 19.4. The molecule has 2 aromatic heterocycles. The molecule has 2 heterocycles. The number of nitrogens with one attached hydrogen (secondary N) is 2. The zero-order valence-electron chi connectivity index (χ0n) is 15.7. The van der Waals surface area contributed by atoms with E-state index in [0.717, 1.165) is 22.7 Å². The van der Waals surface area contributed by atoms with Crippen molar-refractivity contribution in [2.24, 2.45) is 0 Å². The fourth-order valence-corrected chi connectivity index (χ4v) is 3.25. The SMILES string of the molecule is Cc1nc(CCNC(=O)Nc2ccc(-c3nnc(N(C)C)o3)cc2)sc1C. The number of amides is 2. The number of hydrogen-bond acceptors (Lipinski definition) is 7. The van der Waals surface area contributed by atoms with Crippen LogP contribution in [0.2, 0.25) is 0 Å². The van der Waals surface area contributed by atoms with Gasteiger partial charge in [-0.3, -0.25) is 0 Å². The number of thiazole rings is 1. The molecule has 3 aromatic rings. The summed E-state index contributed by atoms with van der Waals surface area (Å²) < 4.78 is 5.56. The van der Waals surface area contributed by atoms with Crippen LogP contribution in [0, 0.1) is 13.8 Å². The lowest BCUT2D eigenvalue weighted by Gasteiger charge is -2.07. The quantitative estimate of drug-likeness (QED) is 0.675. The zero-order valence-corrected chi connectivity index (χ0v) is 16.6. The van der Waals surface area contributed by atoms with Gasteiger partial charge in [-0.15, -0.1) is 16.4 Å². The van der Waals surface area contributed by atoms with Gasteiger partial charge in [0.15, 0.2) is 0 Å². The first-order chi connectivity index (χ1) is 12.9. The molecular weight excluding hydrogens is 364 g/mol. The molecule has 142 valence electrons. The lowest BCUT2D eigenvalue weighted by molar-refractivity contribution is 0.252. The number of carbonyl (C=O) groups excluding carboxylic acids is 1. The highest BCUT2D eigenvalue weighted by molar-refractivity contribution is 7.11. The van der Waals surface area contributed by atoms with Gasteiger partial charge in [-0.2, -0.15) is 0 Å². The Balaban J connectivity index is 1.50. The molecule has 0 saturated heterocycles. The standard InChI is InChI=1S/C18H22N6O2S/c1-11-12(2)27-15(20-11)9-10-19-17(25)21-14-7-5-13(6-8-14)16-22-23-18(26-16)24(3)4/h5-8H,9-10H2,1-4H3,(H2,19,21,25). The molecule has 0 spiro atoms. The highest BCUT2D eigenvalue weighted by Gasteiger charge is 2.10. The Hall–Kier alpha value is -2.94. The maximum absolute atomic E-state index is 12.0. The van der Waals surface area contributed by atoms with Crippen molar-refractivity contribution in [3.05, 3.63) is 39.8 Å². The van der Waals surface area contributed by atoms with Crippen LogP contribution in [0.15, 0.2) is 28.7 Å². The lowest BCUT2D eigenvalue weighted by Crippen LogP contribution is -2.30. The van der Waals surface area contributed by atoms with Crippen LogP contribution in [0.1, 0.15) is 15.6 Å². The van der Waals surface area contributed by atoms with Crippen molar-refractivity contribution in [3.8, 4) is 11.5 Å². The van der Waals surface area contributed by atoms with Crippen molar-refractivity contribution in [3.63, 3.8) is 0 Å². The van der Waals surface area contributed by atoms with Gasteiger partial charge in [-0.05, 0) is 38.1 Å². The number of carbonyl (C=O) groups is 1. The lowest BCUT2D eigenvalue weighted by atomic mass is 10.2. The third-order valence-corrected chi connectivity index (χ3v) is 5.02. The highest BCUT2D eigenvalue weighted by Crippen LogP contribution is 2.22. The van der Waals surface area contributed by atoms with E-state index in [0.29, 0.717) is 24.1 Å². The Morgan fingerprint density at radius 3 is 2.52 bits per heavy atom. The van der Waals surface area contributed by atoms with Crippen molar-refractivity contribution in [1.82, 2.24) is 20.5 Å². The van der Waals surface area contributed by atoms with Gasteiger partial charge in [0, 0.05) is 43.2 Å². The number of urea groups is 1. The molecule has 0 aliphatic rings. The molecule has 3 rings (SSSR count). The van der Waals surface area contributed by atoms with Gasteiger partial charge in [0.05, 0.1) is 10.7 Å². The molecule has 0 aliphatic carbocycles. The molecule has 1 aromatic carbocycles. The van der Waals surface area contributed by atoms with E-state index in [2.05, 4.69) is 32.7 Å². The first-order valence-corrected chi connectivity index (χ1v) is 9.33. The van der Waals surface area contributed by atoms with Crippen LogP contribution in [0.4, 0.5) is 16.5 Å². The second-order valence-corrected chi connectivity index (χ2v) is 7.53. The number of aromatic nitrogens is 3. The summed E-state index contributed by atoms with van der Waals surface area (Å²) in [7, 11) is 3.67. The number of hydrogen-bond donors (Lipinski definition) is 2. The highest BCUT2D eigenvalue weighted by atomic mass is 32.1. The average molecular weight is 386 g/mol. The molecule has 0 bridgehead atoms. The van der Waals surface area contributed by atoms with Gasteiger partial charge in [0.25, 0.3) is 0 Å². The third-order valence-electron chi connectivity index (χ3n) is 3.88. The molecule has 0 saturated carbocycles. The van der Waals surface area contributed by atoms with Crippen molar-refractivity contribution < 1.29 is 9.21 Å². The molecule has 27 heavy (non-hydrogen) atoms. The Labute approximate surface area is 161 Å². The fourth-order valence-electron chi connectivity index (χ4n) is 2.31. The summed E-state index contributed by atoms with van der Waals surface area (Å²) in [6, 6.07) is 7.43. The fraction of sp³-hybridized carbons (Fsp3) is 0.333. The molecule has 0 atom stereocenters. The van der Waals surface area contributed by atoms with Crippen molar-refractivity contribution in [1.29, 1.82) is 0 Å². The summed E-state index contributed by atoms with van der Waals surface area (Å²) in [4.78, 5) is 19.4. The van der Waals surface area contributed by atoms with E-state index in [-0.39, 0.29) is 6.03 Å². The first kappa shape index (κ1) is 18.8. The van der Waals surface area contributed by atoms with Gasteiger partial charge in [0.2, 0.25) is 5.89 Å². The maximum atomic E-state index is 12.0. The van der Waals surface area contributed by atoms with Crippen LogP contribution in [-0.2, 0) is 6.42 Å². The van der Waals surface area contributed by atoms with Crippen LogP contribution in [0.5, 0.6) is 0 Å². The van der Waals surface area contributed by atoms with Gasteiger partial charge in [-0.25, -0.2) is 9.78 Å². The van der Waals surface area contributed by atoms with Crippen molar-refractivity contribution in [2.45, 2.75) is 20.3 Å². The molecule has 9 heteroatoms. The summed E-state index contributed by atoms with van der Waals surface area (Å²) in [5.41, 5.74) is 2.53. The topological polar surface area (TPSA) is 96.2 Å². The van der Waals surface area contributed by atoms with Crippen molar-refractivity contribution in [2.75, 3.05) is 30.9 Å². The Morgan fingerprint density at radius 2 is 1.93 bits per heavy atom. The van der Waals surface area contributed by atoms with Gasteiger partial charge in [0.1, 0.15) is 0 Å². The third kappa shape index (κ3) is 4.82. The van der Waals surface area contributed by atoms with Crippen LogP contribution < -0.4 is 15.5 Å². The van der Waals surface area contributed by atoms with Crippen LogP contribution in [-0.4, -0.2) is 41.9 Å². The van der Waals surface area contributed by atoms with E-state index in [9.17, 15) is 4.79 Å². The predicted molar refractivity (Wildman–Crippen MR) is 106 cm³/mol. The van der Waals surface area contributed by atoms with E-state index < -0.39 is 0 Å². The number of nitrogens with zero attached hydrogens (tertiary/aromatic N) is 4. The summed E-state index contributed by atoms with van der Waals surface area (Å²) in [6.07, 6.45) is 0.719. The largest absolute Gasteiger partial charge is 0.403 e. The number of anilines is 2. The molecule has 0 unspecified atom stereocenters. The minimum atomic E-state index is -0.250. The van der Waals surface area contributed by atoms with E-state index >= 15 is 0 Å². The van der Waals surface area contributed by atoms with E-state index in [1.165, 1.54) is 4.88 Å². The maximum Gasteiger partial charge on any atom is 0.319 e.